The van der Waals surface area contributed by atoms with E-state index in [1.54, 1.807) is 17.0 Å². The molecular formula is C16H21N3O3. The Morgan fingerprint density at radius 3 is 2.86 bits per heavy atom. The van der Waals surface area contributed by atoms with Crippen molar-refractivity contribution in [2.24, 2.45) is 0 Å². The van der Waals surface area contributed by atoms with Crippen LogP contribution in [0.1, 0.15) is 30.1 Å². The van der Waals surface area contributed by atoms with Gasteiger partial charge in [0, 0.05) is 38.3 Å². The van der Waals surface area contributed by atoms with Gasteiger partial charge in [0.15, 0.2) is 0 Å². The molecule has 2 N–H and O–H groups in total. The van der Waals surface area contributed by atoms with Crippen molar-refractivity contribution < 1.29 is 14.7 Å². The molecular weight excluding hydrogens is 282 g/mol. The lowest BCUT2D eigenvalue weighted by Crippen LogP contribution is -2.52. The lowest BCUT2D eigenvalue weighted by molar-refractivity contribution is -0.114. The maximum absolute atomic E-state index is 12.7. The van der Waals surface area contributed by atoms with E-state index in [1.807, 2.05) is 0 Å². The van der Waals surface area contributed by atoms with Gasteiger partial charge in [0.2, 0.25) is 5.91 Å². The Kier molecular flexibility index (Phi) is 4.02. The topological polar surface area (TPSA) is 72.9 Å². The van der Waals surface area contributed by atoms with Gasteiger partial charge in [-0.2, -0.15) is 0 Å². The number of amides is 2. The minimum Gasteiger partial charge on any atom is -0.507 e. The van der Waals surface area contributed by atoms with Gasteiger partial charge in [0.05, 0.1) is 5.56 Å². The molecule has 2 fully saturated rings. The van der Waals surface area contributed by atoms with Crippen LogP contribution in [0.2, 0.25) is 0 Å². The molecule has 0 radical (unpaired) electrons. The van der Waals surface area contributed by atoms with Crippen molar-refractivity contribution in [3.05, 3.63) is 23.8 Å². The van der Waals surface area contributed by atoms with Crippen molar-refractivity contribution >= 4 is 17.5 Å². The Hall–Kier alpha value is -2.08. The molecule has 2 amide bonds. The lowest BCUT2D eigenvalue weighted by atomic mass is 10.1. The van der Waals surface area contributed by atoms with Crippen LogP contribution in [0.25, 0.3) is 0 Å². The number of phenols is 1. The number of phenolic OH excluding ortho intramolecular Hbond substituents is 1. The van der Waals surface area contributed by atoms with Crippen molar-refractivity contribution in [2.75, 3.05) is 31.5 Å². The third-order valence-corrected chi connectivity index (χ3v) is 4.42. The summed E-state index contributed by atoms with van der Waals surface area (Å²) >= 11 is 0. The van der Waals surface area contributed by atoms with Gasteiger partial charge in [0.1, 0.15) is 5.75 Å². The zero-order valence-corrected chi connectivity index (χ0v) is 12.7. The van der Waals surface area contributed by atoms with E-state index in [2.05, 4.69) is 10.2 Å². The van der Waals surface area contributed by atoms with E-state index in [-0.39, 0.29) is 23.1 Å². The molecule has 2 heterocycles. The van der Waals surface area contributed by atoms with Crippen LogP contribution >= 0.6 is 0 Å². The molecule has 6 heteroatoms. The summed E-state index contributed by atoms with van der Waals surface area (Å²) in [7, 11) is 0. The Morgan fingerprint density at radius 1 is 1.27 bits per heavy atom. The molecule has 2 aliphatic rings. The third kappa shape index (κ3) is 2.92. The van der Waals surface area contributed by atoms with Crippen LogP contribution < -0.4 is 5.32 Å². The number of hydrogen-bond acceptors (Lipinski definition) is 4. The highest BCUT2D eigenvalue weighted by atomic mass is 16.3. The van der Waals surface area contributed by atoms with Gasteiger partial charge in [-0.15, -0.1) is 0 Å². The van der Waals surface area contributed by atoms with Crippen LogP contribution in [0.3, 0.4) is 0 Å². The summed E-state index contributed by atoms with van der Waals surface area (Å²) in [5.74, 6) is -0.423. The molecule has 118 valence electrons. The van der Waals surface area contributed by atoms with Gasteiger partial charge in [0.25, 0.3) is 5.91 Å². The number of nitrogens with one attached hydrogen (secondary N) is 1. The first-order valence-electron chi connectivity index (χ1n) is 7.68. The number of carbonyl (C=O) groups is 2. The molecule has 2 aliphatic heterocycles. The van der Waals surface area contributed by atoms with Gasteiger partial charge in [-0.3, -0.25) is 14.5 Å². The van der Waals surface area contributed by atoms with E-state index in [0.29, 0.717) is 24.8 Å². The van der Waals surface area contributed by atoms with E-state index < -0.39 is 0 Å². The largest absolute Gasteiger partial charge is 0.507 e. The van der Waals surface area contributed by atoms with Crippen molar-refractivity contribution in [1.82, 2.24) is 9.80 Å². The first-order valence-corrected chi connectivity index (χ1v) is 7.68. The van der Waals surface area contributed by atoms with E-state index in [0.717, 1.165) is 19.5 Å². The first kappa shape index (κ1) is 14.8. The maximum atomic E-state index is 12.7. The van der Waals surface area contributed by atoms with Crippen LogP contribution in [0.5, 0.6) is 5.75 Å². The molecule has 1 aromatic carbocycles. The highest BCUT2D eigenvalue weighted by Crippen LogP contribution is 2.26. The molecule has 22 heavy (non-hydrogen) atoms. The second-order valence-electron chi connectivity index (χ2n) is 6.00. The Bertz CT molecular complexity index is 602. The number of nitrogens with zero attached hydrogens (tertiary/aromatic N) is 2. The average Bonchev–Trinajstić information content (AvgIpc) is 2.95. The molecule has 0 aromatic heterocycles. The second kappa shape index (κ2) is 5.96. The molecule has 0 spiro atoms. The van der Waals surface area contributed by atoms with Crippen molar-refractivity contribution in [2.45, 2.75) is 25.8 Å². The van der Waals surface area contributed by atoms with Crippen LogP contribution in [0, 0.1) is 0 Å². The van der Waals surface area contributed by atoms with Crippen molar-refractivity contribution in [3.63, 3.8) is 0 Å². The molecule has 0 bridgehead atoms. The van der Waals surface area contributed by atoms with E-state index in [9.17, 15) is 14.7 Å². The molecule has 1 atom stereocenters. The van der Waals surface area contributed by atoms with Crippen LogP contribution in [-0.2, 0) is 4.79 Å². The molecule has 1 unspecified atom stereocenters. The Labute approximate surface area is 129 Å². The van der Waals surface area contributed by atoms with Gasteiger partial charge >= 0.3 is 0 Å². The highest BCUT2D eigenvalue weighted by Gasteiger charge is 2.33. The number of piperazine rings is 1. The van der Waals surface area contributed by atoms with Gasteiger partial charge < -0.3 is 15.3 Å². The van der Waals surface area contributed by atoms with Crippen molar-refractivity contribution in [3.8, 4) is 5.75 Å². The maximum Gasteiger partial charge on any atom is 0.257 e. The summed E-state index contributed by atoms with van der Waals surface area (Å²) < 4.78 is 0. The zero-order valence-electron chi connectivity index (χ0n) is 12.7. The quantitative estimate of drug-likeness (QED) is 0.807. The standard InChI is InChI=1S/C16H21N3O3/c1-11(20)17-12-4-5-15(21)14(9-12)16(22)19-8-7-18-6-2-3-13(18)10-19/h4-5,9,13,21H,2-3,6-8,10H2,1H3,(H,17,20). The number of aromatic hydroxyl groups is 1. The Balaban J connectivity index is 1.77. The van der Waals surface area contributed by atoms with E-state index in [4.69, 9.17) is 0 Å². The van der Waals surface area contributed by atoms with Gasteiger partial charge in [-0.1, -0.05) is 0 Å². The normalized spacial score (nSPS) is 21.5. The van der Waals surface area contributed by atoms with Gasteiger partial charge in [-0.25, -0.2) is 0 Å². The van der Waals surface area contributed by atoms with Crippen molar-refractivity contribution in [1.29, 1.82) is 0 Å². The smallest absolute Gasteiger partial charge is 0.257 e. The first-order chi connectivity index (χ1) is 10.5. The van der Waals surface area contributed by atoms with Crippen LogP contribution in [0.4, 0.5) is 5.69 Å². The summed E-state index contributed by atoms with van der Waals surface area (Å²) in [6.45, 7) is 4.81. The van der Waals surface area contributed by atoms with E-state index in [1.165, 1.54) is 19.4 Å². The lowest BCUT2D eigenvalue weighted by Gasteiger charge is -2.37. The fraction of sp³-hybridized carbons (Fsp3) is 0.500. The number of carbonyl (C=O) groups excluding carboxylic acids is 2. The molecule has 1 aromatic rings. The minimum absolute atomic E-state index is 0.0482. The summed E-state index contributed by atoms with van der Waals surface area (Å²) in [6.07, 6.45) is 2.32. The molecule has 6 nitrogen and oxygen atoms in total. The monoisotopic (exact) mass is 303 g/mol. The van der Waals surface area contributed by atoms with Gasteiger partial charge in [-0.05, 0) is 37.6 Å². The fourth-order valence-corrected chi connectivity index (χ4v) is 3.33. The Morgan fingerprint density at radius 2 is 2.09 bits per heavy atom. The zero-order chi connectivity index (χ0) is 15.7. The number of benzene rings is 1. The molecule has 3 rings (SSSR count). The number of rotatable bonds is 2. The minimum atomic E-state index is -0.205. The van der Waals surface area contributed by atoms with E-state index >= 15 is 0 Å². The van der Waals surface area contributed by atoms with Crippen LogP contribution in [0.15, 0.2) is 18.2 Å². The molecule has 0 saturated carbocycles. The third-order valence-electron chi connectivity index (χ3n) is 4.42. The predicted molar refractivity (Wildman–Crippen MR) is 82.9 cm³/mol. The average molecular weight is 303 g/mol. The fourth-order valence-electron chi connectivity index (χ4n) is 3.33. The summed E-state index contributed by atoms with van der Waals surface area (Å²) in [4.78, 5) is 28.0. The summed E-state index contributed by atoms with van der Waals surface area (Å²) in [6, 6.07) is 5.02. The summed E-state index contributed by atoms with van der Waals surface area (Å²) in [5, 5.41) is 12.6. The molecule has 0 aliphatic carbocycles. The number of anilines is 1. The predicted octanol–water partition coefficient (Wildman–Crippen LogP) is 1.27. The summed E-state index contributed by atoms with van der Waals surface area (Å²) in [5.41, 5.74) is 0.769. The second-order valence-corrected chi connectivity index (χ2v) is 6.00. The number of fused-ring (bicyclic) bond motifs is 1. The van der Waals surface area contributed by atoms with Crippen LogP contribution in [-0.4, -0.2) is 58.9 Å². The number of hydrogen-bond donors (Lipinski definition) is 2. The molecule has 2 saturated heterocycles. The SMILES string of the molecule is CC(=O)Nc1ccc(O)c(C(=O)N2CCN3CCCC3C2)c1. The highest BCUT2D eigenvalue weighted by molar-refractivity contribution is 5.99.